The second-order valence-corrected chi connectivity index (χ2v) is 4.14. The molecule has 0 amide bonds. The van der Waals surface area contributed by atoms with E-state index in [1.807, 2.05) is 0 Å². The van der Waals surface area contributed by atoms with E-state index in [-0.39, 0.29) is 17.6 Å². The molecule has 92 valence electrons. The summed E-state index contributed by atoms with van der Waals surface area (Å²) in [7, 11) is 1.02. The van der Waals surface area contributed by atoms with Crippen molar-refractivity contribution >= 4 is 7.82 Å². The molecular weight excluding hydrogens is 217 g/mol. The Morgan fingerprint density at radius 3 is 1.43 bits per heavy atom. The number of phosphoric acid groups is 1. The third kappa shape index (κ3) is 91.8. The summed E-state index contributed by atoms with van der Waals surface area (Å²) in [6.07, 6.45) is 0. The molecule has 0 heterocycles. The zero-order chi connectivity index (χ0) is 10.4. The Kier molecular flexibility index (Phi) is 16.0. The predicted molar refractivity (Wildman–Crippen MR) is 47.0 cm³/mol. The van der Waals surface area contributed by atoms with Crippen molar-refractivity contribution < 1.29 is 39.8 Å². The minimum atomic E-state index is -5.14. The predicted octanol–water partition coefficient (Wildman–Crippen LogP) is -4.16. The van der Waals surface area contributed by atoms with Gasteiger partial charge in [0, 0.05) is 0 Å². The molecule has 0 aliphatic rings. The Hall–Kier alpha value is -0.0500. The molecule has 0 saturated carbocycles. The van der Waals surface area contributed by atoms with Crippen LogP contribution in [0.15, 0.2) is 0 Å². The summed E-state index contributed by atoms with van der Waals surface area (Å²) in [4.78, 5) is 24.3. The van der Waals surface area contributed by atoms with E-state index in [1.54, 1.807) is 0 Å². The Balaban J connectivity index is -0.0000000651. The Bertz CT molecular complexity index is 142. The van der Waals surface area contributed by atoms with E-state index in [0.717, 1.165) is 11.0 Å². The number of rotatable bonds is 2. The number of hydrogen-bond acceptors (Lipinski definition) is 4. The van der Waals surface area contributed by atoms with Crippen LogP contribution in [0.25, 0.3) is 0 Å². The van der Waals surface area contributed by atoms with Crippen LogP contribution in [0.1, 0.15) is 0 Å². The molecule has 0 rings (SSSR count). The molecule has 0 saturated heterocycles. The fourth-order valence-electron chi connectivity index (χ4n) is 0.300. The second-order valence-electron chi connectivity index (χ2n) is 3.21. The molecule has 0 atom stereocenters. The van der Waals surface area contributed by atoms with E-state index in [9.17, 15) is 0 Å². The molecule has 6 N–H and O–H groups in total. The highest BCUT2D eigenvalue weighted by molar-refractivity contribution is 7.42. The van der Waals surface area contributed by atoms with E-state index >= 15 is 0 Å². The first-order chi connectivity index (χ1) is 5.06. The lowest BCUT2D eigenvalue weighted by molar-refractivity contribution is -0.870. The van der Waals surface area contributed by atoms with Crippen LogP contribution in [0.3, 0.4) is 0 Å². The van der Waals surface area contributed by atoms with Gasteiger partial charge in [-0.25, -0.2) is 0 Å². The van der Waals surface area contributed by atoms with Gasteiger partial charge in [0.2, 0.25) is 0 Å². The first-order valence-corrected chi connectivity index (χ1v) is 4.72. The lowest BCUT2D eigenvalue weighted by atomic mass is 10.5. The van der Waals surface area contributed by atoms with Crippen molar-refractivity contribution in [1.29, 1.82) is 0 Å². The van der Waals surface area contributed by atoms with Crippen LogP contribution in [-0.2, 0) is 4.57 Å². The van der Waals surface area contributed by atoms with Gasteiger partial charge in [-0.15, -0.1) is 0 Å². The molecule has 0 bridgehead atoms. The first-order valence-electron chi connectivity index (χ1n) is 3.22. The van der Waals surface area contributed by atoms with Crippen LogP contribution in [-0.4, -0.2) is 59.7 Å². The van der Waals surface area contributed by atoms with Gasteiger partial charge in [-0.05, 0) is 0 Å². The normalized spacial score (nSPS) is 10.2. The molecule has 0 unspecified atom stereocenters. The van der Waals surface area contributed by atoms with Crippen LogP contribution in [0, 0.1) is 0 Å². The van der Waals surface area contributed by atoms with Gasteiger partial charge < -0.3 is 39.8 Å². The highest BCUT2D eigenvalue weighted by Crippen LogP contribution is 2.11. The summed E-state index contributed by atoms with van der Waals surface area (Å²) in [6, 6.07) is 0. The average Bonchev–Trinajstić information content (AvgIpc) is 1.54. The zero-order valence-corrected chi connectivity index (χ0v) is 9.32. The summed E-state index contributed by atoms with van der Waals surface area (Å²) in [5.74, 6) is 0. The van der Waals surface area contributed by atoms with Crippen LogP contribution < -0.4 is 9.79 Å². The quantitative estimate of drug-likeness (QED) is 0.366. The van der Waals surface area contributed by atoms with E-state index in [2.05, 4.69) is 21.1 Å². The maximum Gasteiger partial charge on any atom is 0.101 e. The van der Waals surface area contributed by atoms with Crippen molar-refractivity contribution in [3.63, 3.8) is 0 Å². The molecule has 0 aliphatic carbocycles. The van der Waals surface area contributed by atoms with E-state index < -0.39 is 7.82 Å². The van der Waals surface area contributed by atoms with Crippen LogP contribution in [0.4, 0.5) is 0 Å². The van der Waals surface area contributed by atoms with Gasteiger partial charge in [0.15, 0.2) is 0 Å². The number of aliphatic hydroxyl groups is 1. The van der Waals surface area contributed by atoms with Crippen molar-refractivity contribution in [3.8, 4) is 0 Å². The lowest BCUT2D eigenvalue weighted by Crippen LogP contribution is -2.36. The molecule has 0 spiro atoms. The molecular formula is C5H19NO7P-. The summed E-state index contributed by atoms with van der Waals surface area (Å²) in [6.45, 7) is 1.11. The molecule has 8 nitrogen and oxygen atoms in total. The first kappa shape index (κ1) is 23.6. The fraction of sp³-hybridized carbons (Fsp3) is 1.00. The third-order valence-electron chi connectivity index (χ3n) is 0.771. The highest BCUT2D eigenvalue weighted by atomic mass is 31.2. The van der Waals surface area contributed by atoms with Gasteiger partial charge >= 0.3 is 0 Å². The van der Waals surface area contributed by atoms with Gasteiger partial charge in [0.1, 0.15) is 6.54 Å². The van der Waals surface area contributed by atoms with Gasteiger partial charge in [-0.1, -0.05) is 0 Å². The number of hydrogen-bond donors (Lipinski definition) is 2. The van der Waals surface area contributed by atoms with E-state index in [4.69, 9.17) is 24.4 Å². The van der Waals surface area contributed by atoms with E-state index in [1.165, 1.54) is 0 Å². The number of aliphatic hydroxyl groups excluding tert-OH is 1. The number of nitrogens with zero attached hydrogens (tertiary/aromatic N) is 1. The van der Waals surface area contributed by atoms with Crippen LogP contribution in [0.2, 0.25) is 0 Å². The Labute approximate surface area is 82.9 Å². The SMILES string of the molecule is C[N+](C)(C)CCO.O.O.O=P([O-])([O-])O. The van der Waals surface area contributed by atoms with Crippen LogP contribution in [0.5, 0.6) is 0 Å². The third-order valence-corrected chi connectivity index (χ3v) is 0.771. The summed E-state index contributed by atoms with van der Waals surface area (Å²) < 4.78 is 9.50. The molecule has 9 heteroatoms. The monoisotopic (exact) mass is 236 g/mol. The summed E-state index contributed by atoms with van der Waals surface area (Å²) >= 11 is 0. The fourth-order valence-corrected chi connectivity index (χ4v) is 0.300. The number of quaternary nitrogens is 1. The van der Waals surface area contributed by atoms with Crippen LogP contribution >= 0.6 is 7.82 Å². The Morgan fingerprint density at radius 1 is 1.21 bits per heavy atom. The molecule has 0 fully saturated rings. The maximum atomic E-state index is 8.66. The average molecular weight is 236 g/mol. The molecule has 0 radical (unpaired) electrons. The summed E-state index contributed by atoms with van der Waals surface area (Å²) in [5, 5.41) is 8.39. The largest absolute Gasteiger partial charge is 0.790 e. The Morgan fingerprint density at radius 2 is 1.43 bits per heavy atom. The molecule has 14 heavy (non-hydrogen) atoms. The van der Waals surface area contributed by atoms with Crippen molar-refractivity contribution in [2.45, 2.75) is 0 Å². The number of likely N-dealkylation sites (N-methyl/N-ethyl adjacent to an activating group) is 1. The molecule has 0 aromatic carbocycles. The summed E-state index contributed by atoms with van der Waals surface area (Å²) in [5.41, 5.74) is 0. The molecule has 0 aromatic rings. The van der Waals surface area contributed by atoms with Crippen molar-refractivity contribution in [2.75, 3.05) is 34.3 Å². The van der Waals surface area contributed by atoms with Crippen molar-refractivity contribution in [1.82, 2.24) is 0 Å². The van der Waals surface area contributed by atoms with Gasteiger partial charge in [0.05, 0.1) is 35.6 Å². The van der Waals surface area contributed by atoms with Gasteiger partial charge in [-0.3, -0.25) is 0 Å². The molecule has 0 aliphatic heterocycles. The van der Waals surface area contributed by atoms with E-state index in [0.29, 0.717) is 0 Å². The smallest absolute Gasteiger partial charge is 0.101 e. The zero-order valence-electron chi connectivity index (χ0n) is 8.43. The van der Waals surface area contributed by atoms with Gasteiger partial charge in [-0.2, -0.15) is 0 Å². The topological polar surface area (TPSA) is 167 Å². The van der Waals surface area contributed by atoms with Crippen molar-refractivity contribution in [2.24, 2.45) is 0 Å². The minimum absolute atomic E-state index is 0. The second kappa shape index (κ2) is 9.50. The van der Waals surface area contributed by atoms with Gasteiger partial charge in [0.25, 0.3) is 0 Å². The standard InChI is InChI=1S/C5H14NO.H3O4P.2H2O/c1-6(2,3)4-5-7;1-5(2,3)4;;/h7H,4-5H2,1-3H3;(H3,1,2,3,4);2*1H2/q+1;;;/p-2. The molecule has 0 aromatic heterocycles. The maximum absolute atomic E-state index is 8.66. The minimum Gasteiger partial charge on any atom is -0.790 e. The lowest BCUT2D eigenvalue weighted by Gasteiger charge is -2.21. The van der Waals surface area contributed by atoms with Crippen molar-refractivity contribution in [3.05, 3.63) is 0 Å². The highest BCUT2D eigenvalue weighted by Gasteiger charge is 2.02.